The summed E-state index contributed by atoms with van der Waals surface area (Å²) in [6.45, 7) is 4.25. The lowest BCUT2D eigenvalue weighted by molar-refractivity contribution is 0.460. The Labute approximate surface area is 154 Å². The second kappa shape index (κ2) is 6.52. The zero-order chi connectivity index (χ0) is 18.3. The van der Waals surface area contributed by atoms with Crippen LogP contribution in [0.15, 0.2) is 47.5 Å². The van der Waals surface area contributed by atoms with E-state index in [0.29, 0.717) is 10.8 Å². The molecule has 4 rings (SSSR count). The molecular formula is C20H23N3O2S. The van der Waals surface area contributed by atoms with Crippen LogP contribution in [0.1, 0.15) is 30.0 Å². The summed E-state index contributed by atoms with van der Waals surface area (Å²) in [5, 5.41) is 3.41. The van der Waals surface area contributed by atoms with Gasteiger partial charge in [-0.3, -0.25) is 0 Å². The molecule has 1 aliphatic heterocycles. The van der Waals surface area contributed by atoms with Gasteiger partial charge in [-0.15, -0.1) is 0 Å². The molecule has 0 aliphatic carbocycles. The highest BCUT2D eigenvalue weighted by Crippen LogP contribution is 2.29. The molecule has 6 heteroatoms. The Hall–Kier alpha value is -2.18. The number of piperidine rings is 1. The van der Waals surface area contributed by atoms with Gasteiger partial charge in [-0.1, -0.05) is 12.1 Å². The van der Waals surface area contributed by atoms with Crippen molar-refractivity contribution < 1.29 is 8.42 Å². The molecule has 1 fully saturated rings. The van der Waals surface area contributed by atoms with Gasteiger partial charge in [0.25, 0.3) is 0 Å². The fraction of sp³-hybridized carbons (Fsp3) is 0.350. The largest absolute Gasteiger partial charge is 0.317 e. The highest BCUT2D eigenvalue weighted by atomic mass is 32.2. The monoisotopic (exact) mass is 369 g/mol. The normalized spacial score (nSPS) is 16.2. The van der Waals surface area contributed by atoms with E-state index in [1.165, 1.54) is 17.5 Å². The number of sulfone groups is 1. The first-order chi connectivity index (χ1) is 12.4. The van der Waals surface area contributed by atoms with Crippen LogP contribution in [0.5, 0.6) is 0 Å². The molecule has 5 nitrogen and oxygen atoms in total. The highest BCUT2D eigenvalue weighted by molar-refractivity contribution is 7.90. The summed E-state index contributed by atoms with van der Waals surface area (Å²) in [6.07, 6.45) is 5.57. The van der Waals surface area contributed by atoms with Crippen LogP contribution in [0.2, 0.25) is 0 Å². The SMILES string of the molecule is Cc1cc(C2CCNCC2)cc2nc(-c3ccc(S(C)(=O)=O)cc3)cn12. The van der Waals surface area contributed by atoms with Crippen molar-refractivity contribution in [2.24, 2.45) is 0 Å². The molecule has 1 N–H and O–H groups in total. The number of fused-ring (bicyclic) bond motifs is 1. The lowest BCUT2D eigenvalue weighted by Gasteiger charge is -2.23. The van der Waals surface area contributed by atoms with Gasteiger partial charge in [0.1, 0.15) is 5.65 Å². The van der Waals surface area contributed by atoms with Crippen molar-refractivity contribution in [3.8, 4) is 11.3 Å². The zero-order valence-electron chi connectivity index (χ0n) is 15.1. The van der Waals surface area contributed by atoms with Crippen molar-refractivity contribution in [2.75, 3.05) is 19.3 Å². The molecule has 26 heavy (non-hydrogen) atoms. The van der Waals surface area contributed by atoms with Gasteiger partial charge >= 0.3 is 0 Å². The standard InChI is InChI=1S/C20H23N3O2S/c1-14-11-17(15-7-9-21-10-8-15)12-20-22-19(13-23(14)20)16-3-5-18(6-4-16)26(2,24)25/h3-6,11-13,15,21H,7-10H2,1-2H3. The minimum absolute atomic E-state index is 0.328. The molecule has 2 aromatic heterocycles. The van der Waals surface area contributed by atoms with Crippen LogP contribution in [0.3, 0.4) is 0 Å². The van der Waals surface area contributed by atoms with E-state index < -0.39 is 9.84 Å². The summed E-state index contributed by atoms with van der Waals surface area (Å²) in [5.74, 6) is 0.592. The summed E-state index contributed by atoms with van der Waals surface area (Å²) in [6, 6.07) is 11.4. The van der Waals surface area contributed by atoms with Gasteiger partial charge in [0.2, 0.25) is 0 Å². The zero-order valence-corrected chi connectivity index (χ0v) is 15.9. The first kappa shape index (κ1) is 17.2. The molecule has 0 bridgehead atoms. The molecule has 3 heterocycles. The number of pyridine rings is 1. The number of rotatable bonds is 3. The summed E-state index contributed by atoms with van der Waals surface area (Å²) < 4.78 is 25.4. The average Bonchev–Trinajstić information content (AvgIpc) is 3.07. The van der Waals surface area contributed by atoms with Gasteiger partial charge in [-0.2, -0.15) is 0 Å². The summed E-state index contributed by atoms with van der Waals surface area (Å²) in [7, 11) is -3.18. The average molecular weight is 369 g/mol. The van der Waals surface area contributed by atoms with E-state index in [-0.39, 0.29) is 0 Å². The van der Waals surface area contributed by atoms with Crippen LogP contribution in [-0.2, 0) is 9.84 Å². The van der Waals surface area contributed by atoms with Crippen LogP contribution < -0.4 is 5.32 Å². The lowest BCUT2D eigenvalue weighted by atomic mass is 9.90. The van der Waals surface area contributed by atoms with E-state index in [9.17, 15) is 8.42 Å². The van der Waals surface area contributed by atoms with Crippen LogP contribution in [0.25, 0.3) is 16.9 Å². The van der Waals surface area contributed by atoms with E-state index in [4.69, 9.17) is 4.98 Å². The van der Waals surface area contributed by atoms with Crippen molar-refractivity contribution in [2.45, 2.75) is 30.6 Å². The van der Waals surface area contributed by atoms with E-state index in [1.807, 2.05) is 18.3 Å². The predicted octanol–water partition coefficient (Wildman–Crippen LogP) is 3.18. The number of nitrogens with zero attached hydrogens (tertiary/aromatic N) is 2. The minimum atomic E-state index is -3.18. The maximum absolute atomic E-state index is 11.6. The maximum atomic E-state index is 11.6. The van der Waals surface area contributed by atoms with Gasteiger partial charge in [-0.05, 0) is 68.6 Å². The highest BCUT2D eigenvalue weighted by Gasteiger charge is 2.17. The molecule has 1 aromatic carbocycles. The van der Waals surface area contributed by atoms with Crippen molar-refractivity contribution >= 4 is 15.5 Å². The third kappa shape index (κ3) is 3.27. The second-order valence-electron chi connectivity index (χ2n) is 7.11. The fourth-order valence-electron chi connectivity index (χ4n) is 3.68. The number of hydrogen-bond acceptors (Lipinski definition) is 4. The maximum Gasteiger partial charge on any atom is 0.175 e. The van der Waals surface area contributed by atoms with Crippen molar-refractivity contribution in [3.63, 3.8) is 0 Å². The number of nitrogens with one attached hydrogen (secondary N) is 1. The molecule has 0 amide bonds. The van der Waals surface area contributed by atoms with E-state index in [1.54, 1.807) is 12.1 Å². The Bertz CT molecular complexity index is 1050. The van der Waals surface area contributed by atoms with Crippen LogP contribution in [-0.4, -0.2) is 37.1 Å². The molecule has 3 aromatic rings. The van der Waals surface area contributed by atoms with E-state index >= 15 is 0 Å². The quantitative estimate of drug-likeness (QED) is 0.770. The van der Waals surface area contributed by atoms with Gasteiger partial charge in [0.15, 0.2) is 9.84 Å². The molecule has 0 atom stereocenters. The molecular weight excluding hydrogens is 346 g/mol. The molecule has 0 saturated carbocycles. The topological polar surface area (TPSA) is 63.5 Å². The predicted molar refractivity (Wildman–Crippen MR) is 103 cm³/mol. The number of aryl methyl sites for hydroxylation is 1. The molecule has 0 spiro atoms. The summed E-state index contributed by atoms with van der Waals surface area (Å²) in [4.78, 5) is 5.12. The molecule has 0 unspecified atom stereocenters. The first-order valence-electron chi connectivity index (χ1n) is 8.93. The third-order valence-corrected chi connectivity index (χ3v) is 6.30. The Balaban J connectivity index is 1.72. The first-order valence-corrected chi connectivity index (χ1v) is 10.8. The number of imidazole rings is 1. The Morgan fingerprint density at radius 2 is 1.81 bits per heavy atom. The van der Waals surface area contributed by atoms with Crippen LogP contribution >= 0.6 is 0 Å². The molecule has 1 aliphatic rings. The second-order valence-corrected chi connectivity index (χ2v) is 9.12. The number of benzene rings is 1. The van der Waals surface area contributed by atoms with Crippen molar-refractivity contribution in [1.29, 1.82) is 0 Å². The smallest absolute Gasteiger partial charge is 0.175 e. The Morgan fingerprint density at radius 1 is 1.12 bits per heavy atom. The Morgan fingerprint density at radius 3 is 2.46 bits per heavy atom. The molecule has 136 valence electrons. The van der Waals surface area contributed by atoms with Gasteiger partial charge < -0.3 is 9.72 Å². The summed E-state index contributed by atoms with van der Waals surface area (Å²) in [5.41, 5.74) is 5.25. The fourth-order valence-corrected chi connectivity index (χ4v) is 4.31. The van der Waals surface area contributed by atoms with Crippen LogP contribution in [0, 0.1) is 6.92 Å². The number of aromatic nitrogens is 2. The Kier molecular flexibility index (Phi) is 4.32. The third-order valence-electron chi connectivity index (χ3n) is 5.17. The summed E-state index contributed by atoms with van der Waals surface area (Å²) >= 11 is 0. The van der Waals surface area contributed by atoms with E-state index in [0.717, 1.165) is 42.8 Å². The molecule has 0 radical (unpaired) electrons. The van der Waals surface area contributed by atoms with Crippen LogP contribution in [0.4, 0.5) is 0 Å². The van der Waals surface area contributed by atoms with Gasteiger partial charge in [0, 0.05) is 23.7 Å². The number of hydrogen-bond donors (Lipinski definition) is 1. The van der Waals surface area contributed by atoms with Crippen molar-refractivity contribution in [3.05, 3.63) is 53.9 Å². The minimum Gasteiger partial charge on any atom is -0.317 e. The van der Waals surface area contributed by atoms with Gasteiger partial charge in [0.05, 0.1) is 10.6 Å². The van der Waals surface area contributed by atoms with Gasteiger partial charge in [-0.25, -0.2) is 13.4 Å². The van der Waals surface area contributed by atoms with Crippen molar-refractivity contribution in [1.82, 2.24) is 14.7 Å². The molecule has 1 saturated heterocycles. The lowest BCUT2D eigenvalue weighted by Crippen LogP contribution is -2.26. The van der Waals surface area contributed by atoms with E-state index in [2.05, 4.69) is 28.8 Å².